The van der Waals surface area contributed by atoms with Crippen molar-refractivity contribution in [1.29, 1.82) is 0 Å². The van der Waals surface area contributed by atoms with Crippen molar-refractivity contribution in [2.24, 2.45) is 7.05 Å². The van der Waals surface area contributed by atoms with Crippen LogP contribution in [0.25, 0.3) is 10.2 Å². The zero-order valence-electron chi connectivity index (χ0n) is 22.6. The number of nitrogens with one attached hydrogen (secondary N) is 1. The first-order valence-corrected chi connectivity index (χ1v) is 14.2. The molecule has 0 radical (unpaired) electrons. The molecule has 1 fully saturated rings. The third kappa shape index (κ3) is 6.24. The molecule has 3 heterocycles. The lowest BCUT2D eigenvalue weighted by atomic mass is 10.1. The number of thiophene rings is 1. The molecule has 1 saturated heterocycles. The van der Waals surface area contributed by atoms with E-state index in [1.165, 1.54) is 4.90 Å². The zero-order chi connectivity index (χ0) is 28.1. The van der Waals surface area contributed by atoms with Crippen LogP contribution in [0.4, 0.5) is 10.5 Å². The average molecular weight is 564 g/mol. The van der Waals surface area contributed by atoms with Gasteiger partial charge in [-0.15, -0.1) is 11.3 Å². The second-order valence-electron chi connectivity index (χ2n) is 9.64. The van der Waals surface area contributed by atoms with Crippen LogP contribution in [-0.4, -0.2) is 52.4 Å². The molecule has 10 heteroatoms. The van der Waals surface area contributed by atoms with E-state index in [4.69, 9.17) is 19.3 Å². The van der Waals surface area contributed by atoms with E-state index in [9.17, 15) is 9.59 Å². The van der Waals surface area contributed by atoms with E-state index in [-0.39, 0.29) is 18.6 Å². The van der Waals surface area contributed by atoms with E-state index in [2.05, 4.69) is 5.32 Å². The van der Waals surface area contributed by atoms with Crippen LogP contribution in [0.1, 0.15) is 41.4 Å². The fraction of sp³-hybridized carbons (Fsp3) is 0.333. The molecule has 9 nitrogen and oxygen atoms in total. The van der Waals surface area contributed by atoms with E-state index in [1.807, 2.05) is 78.5 Å². The SMILES string of the molecule is CCOCc1cccc(NC(=O)c2cc3sccc3n2C)c1COc1ccc(OC2CCN(C(=O)O)CC2)cc1. The van der Waals surface area contributed by atoms with Gasteiger partial charge in [0, 0.05) is 50.8 Å². The first-order chi connectivity index (χ1) is 19.4. The van der Waals surface area contributed by atoms with Crippen LogP contribution in [0.15, 0.2) is 60.0 Å². The number of ether oxygens (including phenoxy) is 3. The molecule has 1 aliphatic heterocycles. The smallest absolute Gasteiger partial charge is 0.407 e. The van der Waals surface area contributed by atoms with Gasteiger partial charge in [-0.3, -0.25) is 4.79 Å². The molecular weight excluding hydrogens is 530 g/mol. The average Bonchev–Trinajstić information content (AvgIpc) is 3.55. The Kier molecular flexibility index (Phi) is 8.57. The van der Waals surface area contributed by atoms with Crippen LogP contribution in [0, 0.1) is 0 Å². The van der Waals surface area contributed by atoms with Crippen molar-refractivity contribution >= 4 is 39.2 Å². The van der Waals surface area contributed by atoms with Crippen LogP contribution in [0.5, 0.6) is 11.5 Å². The molecule has 2 aromatic heterocycles. The van der Waals surface area contributed by atoms with Crippen molar-refractivity contribution < 1.29 is 28.9 Å². The van der Waals surface area contributed by atoms with Crippen LogP contribution in [-0.2, 0) is 25.0 Å². The summed E-state index contributed by atoms with van der Waals surface area (Å²) in [4.78, 5) is 25.8. The third-order valence-corrected chi connectivity index (χ3v) is 7.95. The van der Waals surface area contributed by atoms with Gasteiger partial charge in [-0.2, -0.15) is 0 Å². The van der Waals surface area contributed by atoms with Gasteiger partial charge in [0.05, 0.1) is 16.8 Å². The number of carboxylic acid groups (broad SMARTS) is 1. The first kappa shape index (κ1) is 27.5. The quantitative estimate of drug-likeness (QED) is 0.241. The molecule has 2 N–H and O–H groups in total. The number of carbonyl (C=O) groups is 2. The number of rotatable bonds is 10. The number of piperidine rings is 1. The summed E-state index contributed by atoms with van der Waals surface area (Å²) in [5.41, 5.74) is 4.10. The predicted octanol–water partition coefficient (Wildman–Crippen LogP) is 6.13. The molecule has 0 aliphatic carbocycles. The predicted molar refractivity (Wildman–Crippen MR) is 155 cm³/mol. The Morgan fingerprint density at radius 2 is 1.80 bits per heavy atom. The van der Waals surface area contributed by atoms with Crippen molar-refractivity contribution in [3.05, 3.63) is 76.8 Å². The summed E-state index contributed by atoms with van der Waals surface area (Å²) in [6.07, 6.45) is 0.428. The Bertz CT molecular complexity index is 1470. The van der Waals surface area contributed by atoms with Crippen molar-refractivity contribution in [3.8, 4) is 11.5 Å². The van der Waals surface area contributed by atoms with Crippen molar-refractivity contribution in [2.75, 3.05) is 25.0 Å². The molecule has 0 bridgehead atoms. The summed E-state index contributed by atoms with van der Waals surface area (Å²) in [6, 6.07) is 17.1. The number of carbonyl (C=O) groups excluding carboxylic acids is 1. The Morgan fingerprint density at radius 3 is 2.50 bits per heavy atom. The number of likely N-dealkylation sites (tertiary alicyclic amines) is 1. The number of nitrogens with zero attached hydrogens (tertiary/aromatic N) is 2. The molecule has 5 rings (SSSR count). The van der Waals surface area contributed by atoms with Gasteiger partial charge in [-0.25, -0.2) is 4.79 Å². The standard InChI is InChI=1S/C30H33N3O6S/c1-3-37-18-20-5-4-6-25(31-29(34)27-17-28-26(32(27)2)13-16-40-28)24(20)19-38-21-7-9-22(10-8-21)39-23-11-14-33(15-12-23)30(35)36/h4-10,13,16-17,23H,3,11-12,14-15,18-19H2,1-2H3,(H,31,34)(H,35,36). The summed E-state index contributed by atoms with van der Waals surface area (Å²) in [6.45, 7) is 4.13. The highest BCUT2D eigenvalue weighted by molar-refractivity contribution is 7.17. The molecule has 2 amide bonds. The summed E-state index contributed by atoms with van der Waals surface area (Å²) < 4.78 is 20.9. The maximum atomic E-state index is 13.3. The van der Waals surface area contributed by atoms with E-state index < -0.39 is 6.09 Å². The van der Waals surface area contributed by atoms with E-state index in [0.717, 1.165) is 21.3 Å². The summed E-state index contributed by atoms with van der Waals surface area (Å²) >= 11 is 1.61. The van der Waals surface area contributed by atoms with Crippen molar-refractivity contribution in [3.63, 3.8) is 0 Å². The minimum Gasteiger partial charge on any atom is -0.490 e. The number of hydrogen-bond donors (Lipinski definition) is 2. The van der Waals surface area contributed by atoms with Gasteiger partial charge in [0.2, 0.25) is 0 Å². The van der Waals surface area contributed by atoms with Crippen LogP contribution < -0.4 is 14.8 Å². The van der Waals surface area contributed by atoms with E-state index in [0.29, 0.717) is 62.0 Å². The lowest BCUT2D eigenvalue weighted by molar-refractivity contribution is 0.0893. The lowest BCUT2D eigenvalue weighted by Gasteiger charge is -2.30. The van der Waals surface area contributed by atoms with Gasteiger partial charge in [0.1, 0.15) is 29.9 Å². The van der Waals surface area contributed by atoms with E-state index >= 15 is 0 Å². The molecule has 2 aromatic carbocycles. The van der Waals surface area contributed by atoms with Crippen LogP contribution in [0.2, 0.25) is 0 Å². The Hall–Kier alpha value is -4.02. The summed E-state index contributed by atoms with van der Waals surface area (Å²) in [5, 5.41) is 14.2. The first-order valence-electron chi connectivity index (χ1n) is 13.3. The number of aryl methyl sites for hydroxylation is 1. The highest BCUT2D eigenvalue weighted by Gasteiger charge is 2.23. The number of amides is 2. The molecule has 4 aromatic rings. The van der Waals surface area contributed by atoms with Crippen LogP contribution in [0.3, 0.4) is 0 Å². The fourth-order valence-corrected chi connectivity index (χ4v) is 5.70. The number of benzene rings is 2. The number of anilines is 1. The number of aromatic nitrogens is 1. The van der Waals surface area contributed by atoms with Gasteiger partial charge < -0.3 is 34.1 Å². The topological polar surface area (TPSA) is 102 Å². The zero-order valence-corrected chi connectivity index (χ0v) is 23.4. The van der Waals surface area contributed by atoms with Gasteiger partial charge in [-0.05, 0) is 60.3 Å². The van der Waals surface area contributed by atoms with Crippen LogP contribution >= 0.6 is 11.3 Å². The molecule has 1 aliphatic rings. The van der Waals surface area contributed by atoms with Crippen molar-refractivity contribution in [2.45, 2.75) is 39.1 Å². The molecule has 0 spiro atoms. The Morgan fingerprint density at radius 1 is 1.05 bits per heavy atom. The lowest BCUT2D eigenvalue weighted by Crippen LogP contribution is -2.41. The minimum atomic E-state index is -0.884. The van der Waals surface area contributed by atoms with E-state index in [1.54, 1.807) is 11.3 Å². The largest absolute Gasteiger partial charge is 0.490 e. The molecule has 0 saturated carbocycles. The fourth-order valence-electron chi connectivity index (χ4n) is 4.85. The number of fused-ring (bicyclic) bond motifs is 1. The third-order valence-electron chi connectivity index (χ3n) is 7.10. The second kappa shape index (κ2) is 12.4. The highest BCUT2D eigenvalue weighted by atomic mass is 32.1. The Labute approximate surface area is 236 Å². The molecule has 0 atom stereocenters. The molecule has 0 unspecified atom stereocenters. The molecule has 40 heavy (non-hydrogen) atoms. The van der Waals surface area contributed by atoms with Gasteiger partial charge in [0.25, 0.3) is 5.91 Å². The van der Waals surface area contributed by atoms with Gasteiger partial charge >= 0.3 is 6.09 Å². The summed E-state index contributed by atoms with van der Waals surface area (Å²) in [5.74, 6) is 1.20. The van der Waals surface area contributed by atoms with Gasteiger partial charge in [-0.1, -0.05) is 12.1 Å². The molecular formula is C30H33N3O6S. The summed E-state index contributed by atoms with van der Waals surface area (Å²) in [7, 11) is 1.89. The monoisotopic (exact) mass is 563 g/mol. The maximum absolute atomic E-state index is 13.3. The Balaban J connectivity index is 1.26. The highest BCUT2D eigenvalue weighted by Crippen LogP contribution is 2.28. The van der Waals surface area contributed by atoms with Crippen molar-refractivity contribution in [1.82, 2.24) is 9.47 Å². The van der Waals surface area contributed by atoms with Gasteiger partial charge in [0.15, 0.2) is 0 Å². The second-order valence-corrected chi connectivity index (χ2v) is 10.6. The number of hydrogen-bond acceptors (Lipinski definition) is 6. The molecule has 210 valence electrons. The maximum Gasteiger partial charge on any atom is 0.407 e. The minimum absolute atomic E-state index is 0.0148. The normalized spacial score (nSPS) is 13.9.